The molecular weight excluding hydrogens is 327 g/mol. The average molecular weight is 344 g/mol. The second-order valence-corrected chi connectivity index (χ2v) is 7.38. The minimum atomic E-state index is -3.68. The molecule has 0 bridgehead atoms. The van der Waals surface area contributed by atoms with Crippen LogP contribution in [0.4, 0.5) is 0 Å². The monoisotopic (exact) mass is 344 g/mol. The molecule has 6 heteroatoms. The summed E-state index contributed by atoms with van der Waals surface area (Å²) >= 11 is 0. The van der Waals surface area contributed by atoms with Gasteiger partial charge in [-0.3, -0.25) is 4.57 Å². The molecule has 1 atom stereocenters. The van der Waals surface area contributed by atoms with E-state index >= 15 is 0 Å². The Hall–Kier alpha value is -2.20. The summed E-state index contributed by atoms with van der Waals surface area (Å²) in [6, 6.07) is 14.2. The predicted octanol–water partition coefficient (Wildman–Crippen LogP) is 4.41. The number of carboxylic acids is 1. The van der Waals surface area contributed by atoms with Crippen LogP contribution in [0.15, 0.2) is 48.5 Å². The lowest BCUT2D eigenvalue weighted by atomic mass is 9.98. The van der Waals surface area contributed by atoms with Crippen LogP contribution in [-0.2, 0) is 15.3 Å². The minimum Gasteiger partial charge on any atom is -0.478 e. The SMILES string of the molecule is CCOP(=O)(O)Cc1cccc2c1ccc1cc(C(=O)O)ccc12. The molecule has 5 nitrogen and oxygen atoms in total. The van der Waals surface area contributed by atoms with Crippen LogP contribution >= 0.6 is 7.60 Å². The van der Waals surface area contributed by atoms with Gasteiger partial charge in [-0.15, -0.1) is 0 Å². The van der Waals surface area contributed by atoms with Crippen molar-refractivity contribution < 1.29 is 23.9 Å². The van der Waals surface area contributed by atoms with Crippen molar-refractivity contribution >= 4 is 35.1 Å². The first-order valence-corrected chi connectivity index (χ1v) is 9.31. The van der Waals surface area contributed by atoms with Crippen molar-refractivity contribution in [2.45, 2.75) is 13.1 Å². The van der Waals surface area contributed by atoms with Gasteiger partial charge < -0.3 is 14.5 Å². The third kappa shape index (κ3) is 3.20. The number of carboxylic acid groups (broad SMARTS) is 1. The number of rotatable bonds is 5. The fourth-order valence-corrected chi connectivity index (χ4v) is 4.10. The first kappa shape index (κ1) is 16.7. The number of hydrogen-bond acceptors (Lipinski definition) is 3. The molecule has 24 heavy (non-hydrogen) atoms. The predicted molar refractivity (Wildman–Crippen MR) is 93.6 cm³/mol. The molecule has 0 aliphatic heterocycles. The molecule has 0 aliphatic carbocycles. The van der Waals surface area contributed by atoms with E-state index < -0.39 is 13.6 Å². The third-order valence-electron chi connectivity index (χ3n) is 3.92. The molecule has 0 radical (unpaired) electrons. The standard InChI is InChI=1S/C18H17O5P/c1-2-23-24(21,22)11-14-4-3-5-17-15-9-7-13(18(19)20)10-12(15)6-8-16(14)17/h3-10H,2,11H2,1H3,(H,19,20)(H,21,22). The van der Waals surface area contributed by atoms with E-state index in [0.29, 0.717) is 0 Å². The van der Waals surface area contributed by atoms with Gasteiger partial charge in [0.15, 0.2) is 0 Å². The summed E-state index contributed by atoms with van der Waals surface area (Å²) in [5.41, 5.74) is 0.963. The maximum Gasteiger partial charge on any atom is 0.335 e. The third-order valence-corrected chi connectivity index (χ3v) is 5.32. The molecule has 3 rings (SSSR count). The molecule has 0 amide bonds. The van der Waals surface area contributed by atoms with Crippen molar-refractivity contribution in [3.05, 3.63) is 59.7 Å². The van der Waals surface area contributed by atoms with Crippen LogP contribution in [-0.4, -0.2) is 22.6 Å². The Morgan fingerprint density at radius 1 is 1.08 bits per heavy atom. The molecule has 0 fully saturated rings. The largest absolute Gasteiger partial charge is 0.478 e. The molecule has 0 saturated heterocycles. The van der Waals surface area contributed by atoms with E-state index in [1.54, 1.807) is 25.1 Å². The van der Waals surface area contributed by atoms with Crippen LogP contribution in [0.3, 0.4) is 0 Å². The smallest absolute Gasteiger partial charge is 0.335 e. The summed E-state index contributed by atoms with van der Waals surface area (Å²) in [6.45, 7) is 1.86. The van der Waals surface area contributed by atoms with E-state index in [2.05, 4.69) is 0 Å². The van der Waals surface area contributed by atoms with Gasteiger partial charge in [-0.05, 0) is 46.2 Å². The Bertz CT molecular complexity index is 980. The van der Waals surface area contributed by atoms with Crippen LogP contribution in [0.25, 0.3) is 21.5 Å². The second-order valence-electron chi connectivity index (χ2n) is 5.53. The van der Waals surface area contributed by atoms with Gasteiger partial charge in [0, 0.05) is 0 Å². The quantitative estimate of drug-likeness (QED) is 0.529. The van der Waals surface area contributed by atoms with Crippen molar-refractivity contribution in [3.63, 3.8) is 0 Å². The van der Waals surface area contributed by atoms with Crippen molar-refractivity contribution in [3.8, 4) is 0 Å². The molecule has 2 N–H and O–H groups in total. The summed E-state index contributed by atoms with van der Waals surface area (Å²) < 4.78 is 17.0. The first-order chi connectivity index (χ1) is 11.4. The molecule has 0 spiro atoms. The van der Waals surface area contributed by atoms with Crippen LogP contribution < -0.4 is 0 Å². The average Bonchev–Trinajstić information content (AvgIpc) is 2.53. The van der Waals surface area contributed by atoms with E-state index in [-0.39, 0.29) is 18.3 Å². The highest BCUT2D eigenvalue weighted by Crippen LogP contribution is 2.46. The van der Waals surface area contributed by atoms with E-state index in [1.165, 1.54) is 0 Å². The zero-order valence-electron chi connectivity index (χ0n) is 13.1. The fraction of sp³-hybridized carbons (Fsp3) is 0.167. The van der Waals surface area contributed by atoms with Gasteiger partial charge in [-0.2, -0.15) is 0 Å². The summed E-state index contributed by atoms with van der Waals surface area (Å²) in [4.78, 5) is 21.0. The number of hydrogen-bond donors (Lipinski definition) is 2. The van der Waals surface area contributed by atoms with Crippen LogP contribution in [0.2, 0.25) is 0 Å². The number of carbonyl (C=O) groups is 1. The van der Waals surface area contributed by atoms with Gasteiger partial charge in [-0.25, -0.2) is 4.79 Å². The number of fused-ring (bicyclic) bond motifs is 3. The van der Waals surface area contributed by atoms with E-state index in [9.17, 15) is 14.3 Å². The minimum absolute atomic E-state index is 0.0586. The molecule has 0 aromatic heterocycles. The summed E-state index contributed by atoms with van der Waals surface area (Å²) in [5, 5.41) is 12.6. The van der Waals surface area contributed by atoms with E-state index in [4.69, 9.17) is 9.63 Å². The first-order valence-electron chi connectivity index (χ1n) is 7.55. The topological polar surface area (TPSA) is 83.8 Å². The highest BCUT2D eigenvalue weighted by molar-refractivity contribution is 7.52. The lowest BCUT2D eigenvalue weighted by Gasteiger charge is -2.13. The van der Waals surface area contributed by atoms with E-state index in [1.807, 2.05) is 30.3 Å². The molecular formula is C18H17O5P. The molecule has 1 unspecified atom stereocenters. The Labute approximate surface area is 139 Å². The van der Waals surface area contributed by atoms with Gasteiger partial charge in [0.05, 0.1) is 18.3 Å². The highest BCUT2D eigenvalue weighted by Gasteiger charge is 2.20. The molecule has 0 aliphatic rings. The fourth-order valence-electron chi connectivity index (χ4n) is 2.90. The zero-order chi connectivity index (χ0) is 17.3. The molecule has 124 valence electrons. The molecule has 0 heterocycles. The molecule has 0 saturated carbocycles. The highest BCUT2D eigenvalue weighted by atomic mass is 31.2. The zero-order valence-corrected chi connectivity index (χ0v) is 14.0. The number of benzene rings is 3. The van der Waals surface area contributed by atoms with Crippen molar-refractivity contribution in [2.75, 3.05) is 6.61 Å². The summed E-state index contributed by atoms with van der Waals surface area (Å²) in [7, 11) is -3.68. The Balaban J connectivity index is 2.16. The maximum atomic E-state index is 12.1. The maximum absolute atomic E-state index is 12.1. The van der Waals surface area contributed by atoms with Gasteiger partial charge in [-0.1, -0.05) is 36.4 Å². The Morgan fingerprint density at radius 2 is 1.83 bits per heavy atom. The van der Waals surface area contributed by atoms with Crippen molar-refractivity contribution in [2.24, 2.45) is 0 Å². The second kappa shape index (κ2) is 6.36. The normalized spacial score (nSPS) is 13.9. The van der Waals surface area contributed by atoms with Gasteiger partial charge in [0.1, 0.15) is 0 Å². The summed E-state index contributed by atoms with van der Waals surface area (Å²) in [5.74, 6) is -0.969. The molecule has 3 aromatic rings. The lowest BCUT2D eigenvalue weighted by molar-refractivity contribution is 0.0697. The van der Waals surface area contributed by atoms with Crippen LogP contribution in [0, 0.1) is 0 Å². The van der Waals surface area contributed by atoms with Gasteiger partial charge in [0.2, 0.25) is 0 Å². The number of aromatic carboxylic acids is 1. The van der Waals surface area contributed by atoms with Crippen molar-refractivity contribution in [1.29, 1.82) is 0 Å². The van der Waals surface area contributed by atoms with Crippen LogP contribution in [0.1, 0.15) is 22.8 Å². The van der Waals surface area contributed by atoms with Crippen LogP contribution in [0.5, 0.6) is 0 Å². The van der Waals surface area contributed by atoms with E-state index in [0.717, 1.165) is 27.1 Å². The summed E-state index contributed by atoms with van der Waals surface area (Å²) in [6.07, 6.45) is -0.0586. The lowest BCUT2D eigenvalue weighted by Crippen LogP contribution is -1.96. The van der Waals surface area contributed by atoms with Crippen molar-refractivity contribution in [1.82, 2.24) is 0 Å². The Morgan fingerprint density at radius 3 is 2.54 bits per heavy atom. The Kier molecular flexibility index (Phi) is 4.41. The van der Waals surface area contributed by atoms with Gasteiger partial charge >= 0.3 is 13.6 Å². The molecule has 3 aromatic carbocycles. The van der Waals surface area contributed by atoms with Gasteiger partial charge in [0.25, 0.3) is 0 Å².